The monoisotopic (exact) mass is 562 g/mol. The summed E-state index contributed by atoms with van der Waals surface area (Å²) in [5, 5.41) is 12.2. The summed E-state index contributed by atoms with van der Waals surface area (Å²) < 4.78 is 27.5. The number of carboxylic acids is 1. The van der Waals surface area contributed by atoms with Crippen LogP contribution in [-0.4, -0.2) is 96.1 Å². The summed E-state index contributed by atoms with van der Waals surface area (Å²) in [5.74, 6) is -1.55. The quantitative estimate of drug-likeness (QED) is 0.438. The van der Waals surface area contributed by atoms with Crippen LogP contribution in [0.5, 0.6) is 0 Å². The van der Waals surface area contributed by atoms with Gasteiger partial charge in [-0.25, -0.2) is 13.2 Å². The number of likely N-dealkylation sites (tertiary alicyclic amines) is 2. The van der Waals surface area contributed by atoms with Crippen molar-refractivity contribution in [2.24, 2.45) is 5.92 Å². The molecule has 3 aliphatic rings. The molecule has 3 saturated heterocycles. The molecule has 4 rings (SSSR count). The molecule has 39 heavy (non-hydrogen) atoms. The highest BCUT2D eigenvalue weighted by molar-refractivity contribution is 7.89. The van der Waals surface area contributed by atoms with E-state index in [0.717, 1.165) is 42.2 Å². The number of aryl methyl sites for hydroxylation is 1. The zero-order valence-electron chi connectivity index (χ0n) is 22.4. The number of aliphatic carboxylic acids is 1. The normalized spacial score (nSPS) is 21.8. The number of nitrogens with one attached hydrogen (secondary N) is 1. The molecular formula is C27H38N4O7S. The van der Waals surface area contributed by atoms with E-state index in [0.29, 0.717) is 38.3 Å². The van der Waals surface area contributed by atoms with E-state index in [-0.39, 0.29) is 36.1 Å². The van der Waals surface area contributed by atoms with Crippen molar-refractivity contribution >= 4 is 33.7 Å². The fourth-order valence-electron chi connectivity index (χ4n) is 5.66. The molecule has 0 spiro atoms. The molecule has 3 fully saturated rings. The molecule has 3 heterocycles. The second kappa shape index (κ2) is 12.5. The minimum absolute atomic E-state index is 0.0391. The summed E-state index contributed by atoms with van der Waals surface area (Å²) in [6.45, 7) is 4.67. The van der Waals surface area contributed by atoms with Gasteiger partial charge in [0.25, 0.3) is 0 Å². The van der Waals surface area contributed by atoms with Crippen molar-refractivity contribution in [3.05, 3.63) is 29.8 Å². The summed E-state index contributed by atoms with van der Waals surface area (Å²) in [6, 6.07) is 4.07. The highest BCUT2D eigenvalue weighted by Gasteiger charge is 2.40. The van der Waals surface area contributed by atoms with Crippen molar-refractivity contribution in [2.75, 3.05) is 32.7 Å². The van der Waals surface area contributed by atoms with Crippen molar-refractivity contribution in [2.45, 2.75) is 75.3 Å². The number of piperidine rings is 1. The predicted octanol–water partition coefficient (Wildman–Crippen LogP) is 1.36. The number of carbonyl (C=O) groups excluding carboxylic acids is 3. The number of carboxylic acid groups (broad SMARTS) is 1. The summed E-state index contributed by atoms with van der Waals surface area (Å²) in [5.41, 5.74) is 0.909. The van der Waals surface area contributed by atoms with E-state index in [1.165, 1.54) is 12.1 Å². The van der Waals surface area contributed by atoms with Crippen molar-refractivity contribution < 1.29 is 32.7 Å². The van der Waals surface area contributed by atoms with Crippen LogP contribution in [0.2, 0.25) is 0 Å². The van der Waals surface area contributed by atoms with Crippen LogP contribution < -0.4 is 5.32 Å². The minimum atomic E-state index is -3.92. The highest BCUT2D eigenvalue weighted by atomic mass is 32.2. The Kier molecular flexibility index (Phi) is 9.27. The Labute approximate surface area is 229 Å². The van der Waals surface area contributed by atoms with Crippen molar-refractivity contribution in [1.29, 1.82) is 0 Å². The number of sulfonamides is 1. The molecule has 0 saturated carbocycles. The lowest BCUT2D eigenvalue weighted by atomic mass is 9.95. The first kappa shape index (κ1) is 29.0. The van der Waals surface area contributed by atoms with E-state index in [1.807, 2.05) is 11.8 Å². The molecule has 2 N–H and O–H groups in total. The Morgan fingerprint density at radius 2 is 1.72 bits per heavy atom. The molecule has 12 heteroatoms. The molecule has 3 aliphatic heterocycles. The van der Waals surface area contributed by atoms with Gasteiger partial charge in [-0.3, -0.25) is 14.4 Å². The Bertz CT molecular complexity index is 1180. The van der Waals surface area contributed by atoms with E-state index in [4.69, 9.17) is 0 Å². The molecule has 0 radical (unpaired) electrons. The molecule has 1 aromatic carbocycles. The second-order valence-corrected chi connectivity index (χ2v) is 12.7. The molecule has 214 valence electrons. The molecular weight excluding hydrogens is 524 g/mol. The lowest BCUT2D eigenvalue weighted by Crippen LogP contribution is -2.51. The first-order chi connectivity index (χ1) is 18.6. The zero-order chi connectivity index (χ0) is 28.2. The molecule has 11 nitrogen and oxygen atoms in total. The van der Waals surface area contributed by atoms with Gasteiger partial charge in [0.1, 0.15) is 12.1 Å². The number of rotatable bonds is 10. The summed E-state index contributed by atoms with van der Waals surface area (Å²) in [7, 11) is -3.92. The SMILES string of the molecule is Cc1ccc(S(=O)(=O)N2CCC[C@H]2C(=O)N[C@@H](CCC(=O)N2CCC(CN3CCCC3=O)CC2)C(=O)O)cc1. The van der Waals surface area contributed by atoms with Gasteiger partial charge in [0.05, 0.1) is 4.90 Å². The van der Waals surface area contributed by atoms with Gasteiger partial charge in [0.15, 0.2) is 0 Å². The van der Waals surface area contributed by atoms with Gasteiger partial charge in [0.2, 0.25) is 27.7 Å². The van der Waals surface area contributed by atoms with Gasteiger partial charge in [-0.05, 0) is 63.5 Å². The van der Waals surface area contributed by atoms with Crippen LogP contribution in [0.25, 0.3) is 0 Å². The molecule has 0 bridgehead atoms. The summed E-state index contributed by atoms with van der Waals surface area (Å²) in [6.07, 6.45) is 3.76. The fourth-order valence-corrected chi connectivity index (χ4v) is 7.32. The van der Waals surface area contributed by atoms with Gasteiger partial charge in [-0.15, -0.1) is 0 Å². The lowest BCUT2D eigenvalue weighted by Gasteiger charge is -2.34. The molecule has 0 aromatic heterocycles. The van der Waals surface area contributed by atoms with Crippen LogP contribution in [0.3, 0.4) is 0 Å². The van der Waals surface area contributed by atoms with Gasteiger partial charge in [-0.1, -0.05) is 17.7 Å². The number of nitrogens with zero attached hydrogens (tertiary/aromatic N) is 3. The number of hydrogen-bond acceptors (Lipinski definition) is 6. The first-order valence-corrected chi connectivity index (χ1v) is 15.2. The van der Waals surface area contributed by atoms with E-state index in [9.17, 15) is 32.7 Å². The average Bonchev–Trinajstić information content (AvgIpc) is 3.57. The van der Waals surface area contributed by atoms with Crippen molar-refractivity contribution in [3.63, 3.8) is 0 Å². The van der Waals surface area contributed by atoms with E-state index < -0.39 is 34.0 Å². The van der Waals surface area contributed by atoms with E-state index in [2.05, 4.69) is 5.32 Å². The fraction of sp³-hybridized carbons (Fsp3) is 0.630. The van der Waals surface area contributed by atoms with Crippen LogP contribution >= 0.6 is 0 Å². The third kappa shape index (κ3) is 6.96. The van der Waals surface area contributed by atoms with Crippen molar-refractivity contribution in [1.82, 2.24) is 19.4 Å². The van der Waals surface area contributed by atoms with Crippen molar-refractivity contribution in [3.8, 4) is 0 Å². The smallest absolute Gasteiger partial charge is 0.326 e. The third-order valence-electron chi connectivity index (χ3n) is 8.01. The number of carbonyl (C=O) groups is 4. The average molecular weight is 563 g/mol. The Balaban J connectivity index is 1.28. The first-order valence-electron chi connectivity index (χ1n) is 13.7. The van der Waals surface area contributed by atoms with Crippen LogP contribution in [-0.2, 0) is 29.2 Å². The Hall–Kier alpha value is -2.99. The maximum atomic E-state index is 13.2. The highest BCUT2D eigenvalue weighted by Crippen LogP contribution is 2.27. The second-order valence-electron chi connectivity index (χ2n) is 10.8. The Morgan fingerprint density at radius 1 is 1.03 bits per heavy atom. The molecule has 0 unspecified atom stereocenters. The van der Waals surface area contributed by atoms with Crippen LogP contribution in [0.1, 0.15) is 56.9 Å². The van der Waals surface area contributed by atoms with E-state index in [1.54, 1.807) is 17.0 Å². The van der Waals surface area contributed by atoms with Gasteiger partial charge in [0, 0.05) is 45.6 Å². The maximum Gasteiger partial charge on any atom is 0.326 e. The lowest BCUT2D eigenvalue weighted by molar-refractivity contribution is -0.143. The molecule has 0 aliphatic carbocycles. The number of amides is 3. The largest absolute Gasteiger partial charge is 0.480 e. The van der Waals surface area contributed by atoms with Gasteiger partial charge < -0.3 is 20.2 Å². The van der Waals surface area contributed by atoms with Gasteiger partial charge >= 0.3 is 5.97 Å². The molecule has 2 atom stereocenters. The third-order valence-corrected chi connectivity index (χ3v) is 9.93. The van der Waals surface area contributed by atoms with Gasteiger partial charge in [-0.2, -0.15) is 4.31 Å². The summed E-state index contributed by atoms with van der Waals surface area (Å²) in [4.78, 5) is 53.3. The zero-order valence-corrected chi connectivity index (χ0v) is 23.2. The van der Waals surface area contributed by atoms with Crippen LogP contribution in [0, 0.1) is 12.8 Å². The Morgan fingerprint density at radius 3 is 2.33 bits per heavy atom. The minimum Gasteiger partial charge on any atom is -0.480 e. The molecule has 3 amide bonds. The van der Waals surface area contributed by atoms with E-state index >= 15 is 0 Å². The van der Waals surface area contributed by atoms with Crippen LogP contribution in [0.15, 0.2) is 29.2 Å². The standard InChI is InChI=1S/C27H38N4O7S/c1-19-6-8-21(9-7-19)39(37,38)31-15-2-4-23(31)26(34)28-22(27(35)36)10-11-25(33)29-16-12-20(13-17-29)18-30-14-3-5-24(30)32/h6-9,20,22-23H,2-5,10-18H2,1H3,(H,28,34)(H,35,36)/t22-,23-/m0/s1. The number of benzene rings is 1. The topological polar surface area (TPSA) is 144 Å². The maximum absolute atomic E-state index is 13.2. The summed E-state index contributed by atoms with van der Waals surface area (Å²) >= 11 is 0. The predicted molar refractivity (Wildman–Crippen MR) is 142 cm³/mol. The van der Waals surface area contributed by atoms with Crippen LogP contribution in [0.4, 0.5) is 0 Å². The number of hydrogen-bond donors (Lipinski definition) is 2. The molecule has 1 aromatic rings.